The fraction of sp³-hybridized carbons (Fsp3) is 0.429. The van der Waals surface area contributed by atoms with Crippen molar-refractivity contribution in [2.24, 2.45) is 17.4 Å². The molecular weight excluding hydrogens is 186 g/mol. The summed E-state index contributed by atoms with van der Waals surface area (Å²) < 4.78 is 0.935. The standard InChI is InChI=1S/C7H11N5O2/c1-11(2)10-9-5-4-8-7(14)12(3)6(5)13/h4H,1-3H3,(H,8,14). The summed E-state index contributed by atoms with van der Waals surface area (Å²) in [5.41, 5.74) is -0.848. The lowest BCUT2D eigenvalue weighted by Crippen LogP contribution is -2.31. The molecule has 0 atom stereocenters. The first kappa shape index (κ1) is 10.2. The summed E-state index contributed by atoms with van der Waals surface area (Å²) in [6.07, 6.45) is 1.23. The number of aromatic nitrogens is 2. The number of nitrogens with zero attached hydrogens (tertiary/aromatic N) is 4. The van der Waals surface area contributed by atoms with Crippen LogP contribution in [0.2, 0.25) is 0 Å². The lowest BCUT2D eigenvalue weighted by Gasteiger charge is -2.00. The highest BCUT2D eigenvalue weighted by atomic mass is 16.2. The Morgan fingerprint density at radius 1 is 1.43 bits per heavy atom. The van der Waals surface area contributed by atoms with Gasteiger partial charge in [-0.05, 0) is 0 Å². The van der Waals surface area contributed by atoms with Crippen LogP contribution in [-0.4, -0.2) is 28.7 Å². The van der Waals surface area contributed by atoms with Crippen molar-refractivity contribution in [3.8, 4) is 0 Å². The van der Waals surface area contributed by atoms with Crippen molar-refractivity contribution < 1.29 is 0 Å². The molecule has 0 spiro atoms. The van der Waals surface area contributed by atoms with Crippen molar-refractivity contribution in [1.82, 2.24) is 14.6 Å². The Kier molecular flexibility index (Phi) is 2.80. The van der Waals surface area contributed by atoms with E-state index < -0.39 is 11.2 Å². The van der Waals surface area contributed by atoms with Gasteiger partial charge in [0.25, 0.3) is 5.56 Å². The van der Waals surface area contributed by atoms with Crippen molar-refractivity contribution >= 4 is 5.69 Å². The highest BCUT2D eigenvalue weighted by molar-refractivity contribution is 5.28. The number of hydrogen-bond acceptors (Lipinski definition) is 4. The van der Waals surface area contributed by atoms with Crippen LogP contribution in [0, 0.1) is 0 Å². The van der Waals surface area contributed by atoms with E-state index in [1.807, 2.05) is 0 Å². The smallest absolute Gasteiger partial charge is 0.312 e. The van der Waals surface area contributed by atoms with Crippen molar-refractivity contribution in [3.63, 3.8) is 0 Å². The van der Waals surface area contributed by atoms with Crippen LogP contribution in [0.15, 0.2) is 26.1 Å². The summed E-state index contributed by atoms with van der Waals surface area (Å²) in [5.74, 6) is 0. The highest BCUT2D eigenvalue weighted by Gasteiger charge is 2.01. The SMILES string of the molecule is CN(C)N=Nc1c[nH]c(=O)n(C)c1=O. The fourth-order valence-corrected chi connectivity index (χ4v) is 0.762. The molecule has 0 saturated heterocycles. The topological polar surface area (TPSA) is 82.8 Å². The fourth-order valence-electron chi connectivity index (χ4n) is 0.762. The van der Waals surface area contributed by atoms with E-state index in [1.54, 1.807) is 14.1 Å². The first-order valence-electron chi connectivity index (χ1n) is 3.90. The minimum absolute atomic E-state index is 0.0980. The van der Waals surface area contributed by atoms with E-state index in [1.165, 1.54) is 18.3 Å². The Labute approximate surface area is 79.7 Å². The van der Waals surface area contributed by atoms with Crippen molar-refractivity contribution in [2.75, 3.05) is 14.1 Å². The van der Waals surface area contributed by atoms with Gasteiger partial charge in [-0.3, -0.25) is 14.4 Å². The molecule has 7 nitrogen and oxygen atoms in total. The first-order chi connectivity index (χ1) is 6.52. The molecule has 0 aliphatic carbocycles. The zero-order chi connectivity index (χ0) is 10.7. The van der Waals surface area contributed by atoms with Crippen LogP contribution >= 0.6 is 0 Å². The Morgan fingerprint density at radius 2 is 2.07 bits per heavy atom. The average molecular weight is 197 g/mol. The molecule has 0 fully saturated rings. The van der Waals surface area contributed by atoms with Gasteiger partial charge in [-0.2, -0.15) is 0 Å². The van der Waals surface area contributed by atoms with Gasteiger partial charge in [0.05, 0.1) is 0 Å². The van der Waals surface area contributed by atoms with Crippen LogP contribution in [0.4, 0.5) is 5.69 Å². The monoisotopic (exact) mass is 197 g/mol. The minimum Gasteiger partial charge on any atom is -0.312 e. The average Bonchev–Trinajstić information content (AvgIpc) is 2.13. The third kappa shape index (κ3) is 2.06. The van der Waals surface area contributed by atoms with Gasteiger partial charge in [-0.1, -0.05) is 5.22 Å². The second-order valence-corrected chi connectivity index (χ2v) is 2.88. The van der Waals surface area contributed by atoms with Crippen LogP contribution < -0.4 is 11.2 Å². The third-order valence-corrected chi connectivity index (χ3v) is 1.49. The van der Waals surface area contributed by atoms with Crippen molar-refractivity contribution in [3.05, 3.63) is 27.0 Å². The summed E-state index contributed by atoms with van der Waals surface area (Å²) >= 11 is 0. The number of hydrogen-bond donors (Lipinski definition) is 1. The predicted octanol–water partition coefficient (Wildman–Crippen LogP) is -0.366. The van der Waals surface area contributed by atoms with E-state index >= 15 is 0 Å². The van der Waals surface area contributed by atoms with Crippen LogP contribution in [0.3, 0.4) is 0 Å². The molecule has 0 aliphatic heterocycles. The maximum absolute atomic E-state index is 11.4. The van der Waals surface area contributed by atoms with E-state index in [0.29, 0.717) is 0 Å². The maximum atomic E-state index is 11.4. The maximum Gasteiger partial charge on any atom is 0.328 e. The summed E-state index contributed by atoms with van der Waals surface area (Å²) in [4.78, 5) is 24.7. The highest BCUT2D eigenvalue weighted by Crippen LogP contribution is 2.00. The van der Waals surface area contributed by atoms with Crippen LogP contribution in [0.5, 0.6) is 0 Å². The lowest BCUT2D eigenvalue weighted by atomic mass is 10.5. The molecule has 0 saturated carbocycles. The van der Waals surface area contributed by atoms with Gasteiger partial charge < -0.3 is 4.98 Å². The molecule has 0 amide bonds. The Morgan fingerprint density at radius 3 is 2.64 bits per heavy atom. The molecule has 1 N–H and O–H groups in total. The van der Waals surface area contributed by atoms with Gasteiger partial charge in [-0.25, -0.2) is 4.79 Å². The van der Waals surface area contributed by atoms with Gasteiger partial charge in [-0.15, -0.1) is 5.11 Å². The van der Waals surface area contributed by atoms with Gasteiger partial charge in [0.15, 0.2) is 5.69 Å². The molecule has 14 heavy (non-hydrogen) atoms. The van der Waals surface area contributed by atoms with Crippen molar-refractivity contribution in [2.45, 2.75) is 0 Å². The molecule has 1 heterocycles. The van der Waals surface area contributed by atoms with Crippen LogP contribution in [0.1, 0.15) is 0 Å². The second kappa shape index (κ2) is 3.86. The summed E-state index contributed by atoms with van der Waals surface area (Å²) in [6.45, 7) is 0. The lowest BCUT2D eigenvalue weighted by molar-refractivity contribution is 0.408. The summed E-state index contributed by atoms with van der Waals surface area (Å²) in [6, 6.07) is 0. The number of aromatic amines is 1. The van der Waals surface area contributed by atoms with Crippen molar-refractivity contribution in [1.29, 1.82) is 0 Å². The number of H-pyrrole nitrogens is 1. The quantitative estimate of drug-likeness (QED) is 0.518. The molecule has 0 aromatic carbocycles. The summed E-state index contributed by atoms with van der Waals surface area (Å²) in [5, 5.41) is 8.75. The van der Waals surface area contributed by atoms with Gasteiger partial charge in [0, 0.05) is 27.3 Å². The van der Waals surface area contributed by atoms with Gasteiger partial charge >= 0.3 is 5.69 Å². The Hall–Kier alpha value is -1.92. The normalized spacial score (nSPS) is 10.8. The zero-order valence-electron chi connectivity index (χ0n) is 8.18. The molecule has 0 aliphatic rings. The molecule has 0 bridgehead atoms. The minimum atomic E-state index is -0.473. The summed E-state index contributed by atoms with van der Waals surface area (Å²) in [7, 11) is 4.73. The molecule has 1 aromatic heterocycles. The first-order valence-corrected chi connectivity index (χ1v) is 3.90. The van der Waals surface area contributed by atoms with E-state index in [9.17, 15) is 9.59 Å². The largest absolute Gasteiger partial charge is 0.328 e. The molecular formula is C7H11N5O2. The van der Waals surface area contributed by atoms with E-state index in [-0.39, 0.29) is 5.69 Å². The van der Waals surface area contributed by atoms with Gasteiger partial charge in [0.1, 0.15) is 0 Å². The van der Waals surface area contributed by atoms with Gasteiger partial charge in [0.2, 0.25) is 0 Å². The zero-order valence-corrected chi connectivity index (χ0v) is 8.18. The Balaban J connectivity index is 3.19. The predicted molar refractivity (Wildman–Crippen MR) is 50.5 cm³/mol. The second-order valence-electron chi connectivity index (χ2n) is 2.88. The number of nitrogens with one attached hydrogen (secondary N) is 1. The molecule has 1 rings (SSSR count). The van der Waals surface area contributed by atoms with E-state index in [2.05, 4.69) is 15.3 Å². The molecule has 76 valence electrons. The third-order valence-electron chi connectivity index (χ3n) is 1.49. The Bertz CT molecular complexity index is 456. The molecule has 0 unspecified atom stereocenters. The molecule has 7 heteroatoms. The molecule has 0 radical (unpaired) electrons. The number of rotatable bonds is 2. The van der Waals surface area contributed by atoms with E-state index in [0.717, 1.165) is 4.57 Å². The van der Waals surface area contributed by atoms with Crippen LogP contribution in [-0.2, 0) is 7.05 Å². The van der Waals surface area contributed by atoms with Crippen LogP contribution in [0.25, 0.3) is 0 Å². The molecule has 1 aromatic rings. The van der Waals surface area contributed by atoms with E-state index in [4.69, 9.17) is 0 Å².